The molecule has 1 aromatic rings. The molecule has 1 aromatic heterocycles. The van der Waals surface area contributed by atoms with Crippen LogP contribution in [0.2, 0.25) is 0 Å². The monoisotopic (exact) mass is 317 g/mol. The summed E-state index contributed by atoms with van der Waals surface area (Å²) in [4.78, 5) is 23.0. The third-order valence-corrected chi connectivity index (χ3v) is 4.86. The van der Waals surface area contributed by atoms with Crippen molar-refractivity contribution in [2.24, 2.45) is 5.92 Å². The van der Waals surface area contributed by atoms with Gasteiger partial charge in [0.25, 0.3) is 0 Å². The van der Waals surface area contributed by atoms with Gasteiger partial charge in [0.15, 0.2) is 0 Å². The van der Waals surface area contributed by atoms with Gasteiger partial charge in [0.1, 0.15) is 0 Å². The maximum atomic E-state index is 12.2. The molecule has 1 unspecified atom stereocenters. The third kappa shape index (κ3) is 4.89. The largest absolute Gasteiger partial charge is 0.352 e. The smallest absolute Gasteiger partial charge is 0.225 e. The summed E-state index contributed by atoms with van der Waals surface area (Å²) in [5.41, 5.74) is 0. The number of amides is 1. The van der Waals surface area contributed by atoms with Crippen molar-refractivity contribution in [2.45, 2.75) is 44.6 Å². The number of piperidine rings is 2. The van der Waals surface area contributed by atoms with Crippen molar-refractivity contribution in [3.63, 3.8) is 0 Å². The molecule has 0 saturated carbocycles. The number of nitrogens with zero attached hydrogens (tertiary/aromatic N) is 3. The maximum Gasteiger partial charge on any atom is 0.225 e. The summed E-state index contributed by atoms with van der Waals surface area (Å²) in [6, 6.07) is 2.04. The summed E-state index contributed by atoms with van der Waals surface area (Å²) in [6.45, 7) is 3.97. The summed E-state index contributed by atoms with van der Waals surface area (Å²) in [7, 11) is 0. The van der Waals surface area contributed by atoms with E-state index in [1.54, 1.807) is 12.4 Å². The summed E-state index contributed by atoms with van der Waals surface area (Å²) >= 11 is 0. The second-order valence-electron chi connectivity index (χ2n) is 6.63. The molecule has 1 atom stereocenters. The molecule has 126 valence electrons. The molecule has 1 amide bonds. The van der Waals surface area contributed by atoms with Crippen LogP contribution in [-0.4, -0.2) is 48.1 Å². The molecule has 0 aliphatic carbocycles. The Hall–Kier alpha value is -1.69. The van der Waals surface area contributed by atoms with Crippen molar-refractivity contribution in [1.82, 2.24) is 20.6 Å². The average molecular weight is 317 g/mol. The molecular formula is C17H27N5O. The highest BCUT2D eigenvalue weighted by molar-refractivity contribution is 5.76. The lowest BCUT2D eigenvalue weighted by atomic mass is 9.93. The van der Waals surface area contributed by atoms with Crippen molar-refractivity contribution in [3.05, 3.63) is 18.5 Å². The van der Waals surface area contributed by atoms with Crippen LogP contribution < -0.4 is 15.5 Å². The van der Waals surface area contributed by atoms with Crippen molar-refractivity contribution < 1.29 is 4.79 Å². The van der Waals surface area contributed by atoms with Gasteiger partial charge in [-0.15, -0.1) is 0 Å². The fourth-order valence-corrected chi connectivity index (χ4v) is 3.54. The molecule has 2 N–H and O–H groups in total. The van der Waals surface area contributed by atoms with Gasteiger partial charge in [-0.1, -0.05) is 0 Å². The minimum atomic E-state index is 0.198. The van der Waals surface area contributed by atoms with Gasteiger partial charge in [0, 0.05) is 37.9 Å². The zero-order valence-corrected chi connectivity index (χ0v) is 13.7. The summed E-state index contributed by atoms with van der Waals surface area (Å²) in [6.07, 6.45) is 9.73. The Balaban J connectivity index is 1.43. The molecule has 0 radical (unpaired) electrons. The summed E-state index contributed by atoms with van der Waals surface area (Å²) in [5, 5.41) is 6.58. The number of rotatable bonds is 5. The van der Waals surface area contributed by atoms with E-state index < -0.39 is 0 Å². The summed E-state index contributed by atoms with van der Waals surface area (Å²) in [5.74, 6) is 1.67. The zero-order valence-electron chi connectivity index (χ0n) is 13.7. The van der Waals surface area contributed by atoms with Gasteiger partial charge in [0.05, 0.1) is 0 Å². The minimum Gasteiger partial charge on any atom is -0.352 e. The van der Waals surface area contributed by atoms with Gasteiger partial charge < -0.3 is 15.5 Å². The second kappa shape index (κ2) is 8.24. The SMILES string of the molecule is O=C(CCC1CCNCC1)NC1CCCN(c2ncccn2)C1. The van der Waals surface area contributed by atoms with Gasteiger partial charge in [-0.3, -0.25) is 4.79 Å². The molecule has 2 fully saturated rings. The summed E-state index contributed by atoms with van der Waals surface area (Å²) < 4.78 is 0. The number of carbonyl (C=O) groups is 1. The molecular weight excluding hydrogens is 290 g/mol. The van der Waals surface area contributed by atoms with Crippen molar-refractivity contribution >= 4 is 11.9 Å². The quantitative estimate of drug-likeness (QED) is 0.858. The van der Waals surface area contributed by atoms with Gasteiger partial charge in [0.2, 0.25) is 11.9 Å². The van der Waals surface area contributed by atoms with Crippen molar-refractivity contribution in [2.75, 3.05) is 31.1 Å². The van der Waals surface area contributed by atoms with Crippen LogP contribution in [0.4, 0.5) is 5.95 Å². The number of aromatic nitrogens is 2. The highest BCUT2D eigenvalue weighted by atomic mass is 16.1. The third-order valence-electron chi connectivity index (χ3n) is 4.86. The number of nitrogens with one attached hydrogen (secondary N) is 2. The lowest BCUT2D eigenvalue weighted by molar-refractivity contribution is -0.122. The van der Waals surface area contributed by atoms with Crippen molar-refractivity contribution in [1.29, 1.82) is 0 Å². The lowest BCUT2D eigenvalue weighted by Crippen LogP contribution is -2.48. The first kappa shape index (κ1) is 16.2. The average Bonchev–Trinajstić information content (AvgIpc) is 2.62. The number of hydrogen-bond donors (Lipinski definition) is 2. The van der Waals surface area contributed by atoms with Crippen LogP contribution in [0.3, 0.4) is 0 Å². The Kier molecular flexibility index (Phi) is 5.80. The Morgan fingerprint density at radius 3 is 2.83 bits per heavy atom. The molecule has 3 rings (SSSR count). The molecule has 3 heterocycles. The van der Waals surface area contributed by atoms with E-state index in [1.807, 2.05) is 6.07 Å². The molecule has 2 aliphatic heterocycles. The van der Waals surface area contributed by atoms with Crippen LogP contribution in [0.1, 0.15) is 38.5 Å². The Labute approximate surface area is 138 Å². The molecule has 2 saturated heterocycles. The Morgan fingerprint density at radius 2 is 2.04 bits per heavy atom. The van der Waals surface area contributed by atoms with E-state index in [0.717, 1.165) is 51.4 Å². The molecule has 0 spiro atoms. The second-order valence-corrected chi connectivity index (χ2v) is 6.63. The van der Waals surface area contributed by atoms with Crippen molar-refractivity contribution in [3.8, 4) is 0 Å². The number of hydrogen-bond acceptors (Lipinski definition) is 5. The minimum absolute atomic E-state index is 0.198. The lowest BCUT2D eigenvalue weighted by Gasteiger charge is -2.33. The van der Waals surface area contributed by atoms with Crippen LogP contribution in [-0.2, 0) is 4.79 Å². The van der Waals surface area contributed by atoms with E-state index >= 15 is 0 Å². The molecule has 6 nitrogen and oxygen atoms in total. The number of carbonyl (C=O) groups excluding carboxylic acids is 1. The van der Waals surface area contributed by atoms with Gasteiger partial charge in [-0.05, 0) is 57.2 Å². The Morgan fingerprint density at radius 1 is 1.26 bits per heavy atom. The topological polar surface area (TPSA) is 70.2 Å². The molecule has 23 heavy (non-hydrogen) atoms. The first-order valence-electron chi connectivity index (χ1n) is 8.83. The van der Waals surface area contributed by atoms with Gasteiger partial charge in [-0.25, -0.2) is 9.97 Å². The van der Waals surface area contributed by atoms with Crippen LogP contribution in [0.15, 0.2) is 18.5 Å². The number of anilines is 1. The van der Waals surface area contributed by atoms with Crippen LogP contribution in [0.25, 0.3) is 0 Å². The van der Waals surface area contributed by atoms with Crippen LogP contribution in [0.5, 0.6) is 0 Å². The molecule has 6 heteroatoms. The van der Waals surface area contributed by atoms with E-state index in [1.165, 1.54) is 12.8 Å². The highest BCUT2D eigenvalue weighted by Crippen LogP contribution is 2.18. The maximum absolute atomic E-state index is 12.2. The fraction of sp³-hybridized carbons (Fsp3) is 0.706. The first-order chi connectivity index (χ1) is 11.3. The van der Waals surface area contributed by atoms with E-state index in [4.69, 9.17) is 0 Å². The first-order valence-corrected chi connectivity index (χ1v) is 8.83. The van der Waals surface area contributed by atoms with E-state index in [9.17, 15) is 4.79 Å². The van der Waals surface area contributed by atoms with E-state index in [-0.39, 0.29) is 11.9 Å². The fourth-order valence-electron chi connectivity index (χ4n) is 3.54. The predicted octanol–water partition coefficient (Wildman–Crippen LogP) is 1.34. The Bertz CT molecular complexity index is 489. The molecule has 2 aliphatic rings. The predicted molar refractivity (Wildman–Crippen MR) is 90.2 cm³/mol. The van der Waals surface area contributed by atoms with Gasteiger partial charge >= 0.3 is 0 Å². The van der Waals surface area contributed by atoms with Gasteiger partial charge in [-0.2, -0.15) is 0 Å². The molecule has 0 aromatic carbocycles. The van der Waals surface area contributed by atoms with Crippen LogP contribution >= 0.6 is 0 Å². The normalized spacial score (nSPS) is 22.8. The molecule has 0 bridgehead atoms. The zero-order chi connectivity index (χ0) is 15.9. The van der Waals surface area contributed by atoms with E-state index in [0.29, 0.717) is 12.3 Å². The van der Waals surface area contributed by atoms with Crippen LogP contribution in [0, 0.1) is 5.92 Å². The standard InChI is InChI=1S/C17H27N5O/c23-16(5-4-14-6-10-18-11-7-14)21-15-3-1-12-22(13-15)17-19-8-2-9-20-17/h2,8-9,14-15,18H,1,3-7,10-13H2,(H,21,23). The van der Waals surface area contributed by atoms with E-state index in [2.05, 4.69) is 25.5 Å². The highest BCUT2D eigenvalue weighted by Gasteiger charge is 2.23.